The molecule has 0 spiro atoms. The molecule has 1 rings (SSSR count). The molecule has 1 amide bonds. The molecule has 1 atom stereocenters. The minimum absolute atomic E-state index is 0.177. The number of aliphatic hydroxyl groups is 2. The van der Waals surface area contributed by atoms with Crippen LogP contribution in [0.15, 0.2) is 18.2 Å². The lowest BCUT2D eigenvalue weighted by molar-refractivity contribution is 0.100. The summed E-state index contributed by atoms with van der Waals surface area (Å²) in [6.45, 7) is -0.153. The van der Waals surface area contributed by atoms with Gasteiger partial charge in [0.2, 0.25) is 5.91 Å². The fraction of sp³-hybridized carbons (Fsp3) is 0.300. The lowest BCUT2D eigenvalue weighted by Gasteiger charge is -2.11. The lowest BCUT2D eigenvalue weighted by Crippen LogP contribution is -2.23. The zero-order valence-electron chi connectivity index (χ0n) is 8.48. The van der Waals surface area contributed by atoms with Crippen molar-refractivity contribution in [3.8, 4) is 0 Å². The minimum atomic E-state index is -0.854. The van der Waals surface area contributed by atoms with Gasteiger partial charge in [-0.2, -0.15) is 0 Å². The van der Waals surface area contributed by atoms with E-state index >= 15 is 0 Å². The molecule has 0 bridgehead atoms. The number of nitrogens with two attached hydrogens (primary N) is 1. The van der Waals surface area contributed by atoms with Crippen molar-refractivity contribution in [2.24, 2.45) is 5.73 Å². The number of nitrogens with one attached hydrogen (secondary N) is 1. The fourth-order valence-corrected chi connectivity index (χ4v) is 1.33. The van der Waals surface area contributed by atoms with Crippen LogP contribution in [0.3, 0.4) is 0 Å². The number of carbonyl (C=O) groups excluding carboxylic acids is 1. The van der Waals surface area contributed by atoms with Crippen molar-refractivity contribution in [2.75, 3.05) is 18.5 Å². The first-order chi connectivity index (χ1) is 7.54. The summed E-state index contributed by atoms with van der Waals surface area (Å²) < 4.78 is 0. The fourth-order valence-electron chi connectivity index (χ4n) is 1.12. The molecule has 0 saturated carbocycles. The van der Waals surface area contributed by atoms with E-state index in [0.29, 0.717) is 5.69 Å². The van der Waals surface area contributed by atoms with Crippen LogP contribution in [0.4, 0.5) is 5.69 Å². The second kappa shape index (κ2) is 5.69. The molecule has 16 heavy (non-hydrogen) atoms. The van der Waals surface area contributed by atoms with Gasteiger partial charge >= 0.3 is 0 Å². The van der Waals surface area contributed by atoms with E-state index in [1.807, 2.05) is 0 Å². The number of halogens is 1. The van der Waals surface area contributed by atoms with E-state index in [9.17, 15) is 4.79 Å². The van der Waals surface area contributed by atoms with Crippen LogP contribution in [0.1, 0.15) is 10.4 Å². The highest BCUT2D eigenvalue weighted by Crippen LogP contribution is 2.19. The molecule has 5 N–H and O–H groups in total. The predicted octanol–water partition coefficient (Wildman–Crippen LogP) is 0.204. The standard InChI is InChI=1S/C10H13ClN2O3/c11-9-2-1-6(3-8(9)10(12)16)13-4-7(15)5-14/h1-3,7,13-15H,4-5H2,(H2,12,16). The maximum absolute atomic E-state index is 11.0. The van der Waals surface area contributed by atoms with Crippen molar-refractivity contribution in [1.82, 2.24) is 0 Å². The van der Waals surface area contributed by atoms with Gasteiger partial charge in [0.15, 0.2) is 0 Å². The number of anilines is 1. The molecule has 88 valence electrons. The summed E-state index contributed by atoms with van der Waals surface area (Å²) in [7, 11) is 0. The van der Waals surface area contributed by atoms with Crippen LogP contribution in [0, 0.1) is 0 Å². The third kappa shape index (κ3) is 3.37. The minimum Gasteiger partial charge on any atom is -0.394 e. The Morgan fingerprint density at radius 2 is 2.25 bits per heavy atom. The second-order valence-electron chi connectivity index (χ2n) is 3.28. The Morgan fingerprint density at radius 1 is 1.56 bits per heavy atom. The van der Waals surface area contributed by atoms with Gasteiger partial charge in [0.25, 0.3) is 0 Å². The van der Waals surface area contributed by atoms with Crippen LogP contribution in [0.2, 0.25) is 5.02 Å². The van der Waals surface area contributed by atoms with Crippen molar-refractivity contribution in [2.45, 2.75) is 6.10 Å². The maximum Gasteiger partial charge on any atom is 0.250 e. The van der Waals surface area contributed by atoms with Crippen LogP contribution in [-0.2, 0) is 0 Å². The highest BCUT2D eigenvalue weighted by atomic mass is 35.5. The normalized spacial score (nSPS) is 12.2. The number of benzene rings is 1. The van der Waals surface area contributed by atoms with E-state index in [-0.39, 0.29) is 23.7 Å². The van der Waals surface area contributed by atoms with E-state index in [0.717, 1.165) is 0 Å². The van der Waals surface area contributed by atoms with Gasteiger partial charge in [-0.3, -0.25) is 4.79 Å². The Balaban J connectivity index is 2.75. The highest BCUT2D eigenvalue weighted by molar-refractivity contribution is 6.33. The SMILES string of the molecule is NC(=O)c1cc(NCC(O)CO)ccc1Cl. The number of amides is 1. The van der Waals surface area contributed by atoms with Gasteiger partial charge in [-0.15, -0.1) is 0 Å². The summed E-state index contributed by atoms with van der Waals surface area (Å²) in [5.74, 6) is -0.614. The Bertz CT molecular complexity index is 384. The van der Waals surface area contributed by atoms with Crippen LogP contribution >= 0.6 is 11.6 Å². The molecule has 0 heterocycles. The summed E-state index contributed by atoms with van der Waals surface area (Å²) in [4.78, 5) is 11.0. The van der Waals surface area contributed by atoms with Crippen LogP contribution in [-0.4, -0.2) is 35.4 Å². The Kier molecular flexibility index (Phi) is 4.54. The summed E-state index contributed by atoms with van der Waals surface area (Å²) >= 11 is 5.76. The molecule has 0 aliphatic carbocycles. The van der Waals surface area contributed by atoms with E-state index in [1.165, 1.54) is 12.1 Å². The molecule has 1 aromatic rings. The quantitative estimate of drug-likeness (QED) is 0.595. The number of rotatable bonds is 5. The van der Waals surface area contributed by atoms with Gasteiger partial charge in [0.1, 0.15) is 0 Å². The Hall–Kier alpha value is -1.30. The first-order valence-corrected chi connectivity index (χ1v) is 5.04. The predicted molar refractivity (Wildman–Crippen MR) is 61.6 cm³/mol. The molecule has 0 saturated heterocycles. The molecule has 1 aromatic carbocycles. The smallest absolute Gasteiger partial charge is 0.250 e. The summed E-state index contributed by atoms with van der Waals surface area (Å²) in [6, 6.07) is 4.68. The third-order valence-electron chi connectivity index (χ3n) is 1.98. The van der Waals surface area contributed by atoms with Crippen molar-refractivity contribution in [1.29, 1.82) is 0 Å². The Labute approximate surface area is 97.8 Å². The van der Waals surface area contributed by atoms with E-state index < -0.39 is 12.0 Å². The maximum atomic E-state index is 11.0. The van der Waals surface area contributed by atoms with Gasteiger partial charge in [-0.25, -0.2) is 0 Å². The van der Waals surface area contributed by atoms with Gasteiger partial charge < -0.3 is 21.3 Å². The van der Waals surface area contributed by atoms with Crippen LogP contribution in [0.25, 0.3) is 0 Å². The van der Waals surface area contributed by atoms with E-state index in [2.05, 4.69) is 5.32 Å². The number of primary amides is 1. The number of aliphatic hydroxyl groups excluding tert-OH is 2. The molecule has 0 aromatic heterocycles. The van der Waals surface area contributed by atoms with Crippen LogP contribution < -0.4 is 11.1 Å². The van der Waals surface area contributed by atoms with E-state index in [4.69, 9.17) is 27.5 Å². The molecule has 0 aliphatic rings. The first-order valence-electron chi connectivity index (χ1n) is 4.66. The molecule has 0 aliphatic heterocycles. The Morgan fingerprint density at radius 3 is 2.81 bits per heavy atom. The van der Waals surface area contributed by atoms with Crippen molar-refractivity contribution in [3.05, 3.63) is 28.8 Å². The molecule has 1 unspecified atom stereocenters. The average molecular weight is 245 g/mol. The van der Waals surface area contributed by atoms with Gasteiger partial charge in [-0.05, 0) is 18.2 Å². The molecule has 0 fully saturated rings. The molecular weight excluding hydrogens is 232 g/mol. The summed E-state index contributed by atoms with van der Waals surface area (Å²) in [5.41, 5.74) is 5.94. The topological polar surface area (TPSA) is 95.6 Å². The zero-order chi connectivity index (χ0) is 12.1. The first kappa shape index (κ1) is 12.8. The number of hydrogen-bond donors (Lipinski definition) is 4. The number of hydrogen-bond acceptors (Lipinski definition) is 4. The van der Waals surface area contributed by atoms with Gasteiger partial charge in [0.05, 0.1) is 23.3 Å². The monoisotopic (exact) mass is 244 g/mol. The van der Waals surface area contributed by atoms with Gasteiger partial charge in [0, 0.05) is 12.2 Å². The van der Waals surface area contributed by atoms with Crippen LogP contribution in [0.5, 0.6) is 0 Å². The van der Waals surface area contributed by atoms with Crippen molar-refractivity contribution < 1.29 is 15.0 Å². The summed E-state index contributed by atoms with van der Waals surface area (Å²) in [5, 5.41) is 20.9. The van der Waals surface area contributed by atoms with Gasteiger partial charge in [-0.1, -0.05) is 11.6 Å². The molecule has 0 radical (unpaired) electrons. The van der Waals surface area contributed by atoms with E-state index in [1.54, 1.807) is 6.07 Å². The van der Waals surface area contributed by atoms with Crippen molar-refractivity contribution >= 4 is 23.2 Å². The number of carbonyl (C=O) groups is 1. The average Bonchev–Trinajstić information content (AvgIpc) is 2.27. The van der Waals surface area contributed by atoms with Crippen molar-refractivity contribution in [3.63, 3.8) is 0 Å². The largest absolute Gasteiger partial charge is 0.394 e. The summed E-state index contributed by atoms with van der Waals surface area (Å²) in [6.07, 6.45) is -0.854. The second-order valence-corrected chi connectivity index (χ2v) is 3.68. The molecule has 6 heteroatoms. The lowest BCUT2D eigenvalue weighted by atomic mass is 10.2. The molecule has 5 nitrogen and oxygen atoms in total. The molecular formula is C10H13ClN2O3. The zero-order valence-corrected chi connectivity index (χ0v) is 9.24. The third-order valence-corrected chi connectivity index (χ3v) is 2.31. The highest BCUT2D eigenvalue weighted by Gasteiger charge is 2.08.